The van der Waals surface area contributed by atoms with Crippen molar-refractivity contribution in [3.05, 3.63) is 18.2 Å². The fourth-order valence-electron chi connectivity index (χ4n) is 3.63. The first-order valence-corrected chi connectivity index (χ1v) is 6.69. The molecule has 20 heavy (non-hydrogen) atoms. The van der Waals surface area contributed by atoms with Gasteiger partial charge in [0.15, 0.2) is 0 Å². The number of aliphatic hydroxyl groups is 1. The van der Waals surface area contributed by atoms with Crippen LogP contribution in [-0.2, 0) is 13.5 Å². The Bertz CT molecular complexity index is 515. The van der Waals surface area contributed by atoms with Crippen molar-refractivity contribution < 1.29 is 18.3 Å². The van der Waals surface area contributed by atoms with E-state index < -0.39 is 17.0 Å². The van der Waals surface area contributed by atoms with Gasteiger partial charge in [0.25, 0.3) is 0 Å². The second-order valence-corrected chi connectivity index (χ2v) is 6.15. The number of rotatable bonds is 4. The lowest BCUT2D eigenvalue weighted by atomic mass is 9.97. The molecule has 4 nitrogen and oxygen atoms in total. The van der Waals surface area contributed by atoms with Gasteiger partial charge in [-0.3, -0.25) is 0 Å². The predicted molar refractivity (Wildman–Crippen MR) is 66.0 cm³/mol. The Hall–Kier alpha value is -1.08. The molecule has 1 aliphatic heterocycles. The summed E-state index contributed by atoms with van der Waals surface area (Å²) in [4.78, 5) is 5.82. The number of imidazole rings is 1. The molecule has 0 spiro atoms. The second kappa shape index (κ2) is 4.21. The minimum absolute atomic E-state index is 0.00884. The molecule has 1 saturated heterocycles. The first kappa shape index (κ1) is 13.9. The Morgan fingerprint density at radius 1 is 1.40 bits per heavy atom. The second-order valence-electron chi connectivity index (χ2n) is 6.15. The molecule has 0 radical (unpaired) electrons. The molecule has 2 heterocycles. The third kappa shape index (κ3) is 1.79. The fourth-order valence-corrected chi connectivity index (χ4v) is 3.63. The van der Waals surface area contributed by atoms with Gasteiger partial charge in [-0.1, -0.05) is 0 Å². The first-order valence-electron chi connectivity index (χ1n) is 6.69. The van der Waals surface area contributed by atoms with E-state index in [1.807, 2.05) is 16.5 Å². The molecule has 112 valence electrons. The summed E-state index contributed by atoms with van der Waals surface area (Å²) in [5.74, 6) is 0. The van der Waals surface area contributed by atoms with E-state index in [4.69, 9.17) is 0 Å². The van der Waals surface area contributed by atoms with Crippen molar-refractivity contribution in [2.45, 2.75) is 19.0 Å². The zero-order valence-electron chi connectivity index (χ0n) is 11.3. The number of alkyl halides is 3. The number of piperidine rings is 1. The van der Waals surface area contributed by atoms with E-state index in [9.17, 15) is 18.3 Å². The Morgan fingerprint density at radius 3 is 2.65 bits per heavy atom. The van der Waals surface area contributed by atoms with Crippen LogP contribution < -0.4 is 0 Å². The molecule has 1 saturated carbocycles. The van der Waals surface area contributed by atoms with E-state index in [1.165, 1.54) is 0 Å². The largest absolute Gasteiger partial charge is 0.396 e. The Kier molecular flexibility index (Phi) is 2.92. The SMILES string of the molecule is Cn1cncc1CCN1C[C@@]2(CO)C[C@@]2(C(F)(F)F)C1. The van der Waals surface area contributed by atoms with Gasteiger partial charge in [0.05, 0.1) is 18.3 Å². The normalized spacial score (nSPS) is 33.5. The molecule has 7 heteroatoms. The molecule has 0 bridgehead atoms. The molecule has 0 amide bonds. The lowest BCUT2D eigenvalue weighted by molar-refractivity contribution is -0.194. The monoisotopic (exact) mass is 289 g/mol. The summed E-state index contributed by atoms with van der Waals surface area (Å²) in [5, 5.41) is 9.37. The highest BCUT2D eigenvalue weighted by atomic mass is 19.4. The zero-order chi connectivity index (χ0) is 14.6. The van der Waals surface area contributed by atoms with Crippen LogP contribution in [0.5, 0.6) is 0 Å². The molecule has 0 unspecified atom stereocenters. The van der Waals surface area contributed by atoms with Crippen LogP contribution in [0, 0.1) is 10.8 Å². The molecule has 1 aromatic heterocycles. The van der Waals surface area contributed by atoms with Crippen molar-refractivity contribution in [1.82, 2.24) is 14.5 Å². The number of halogens is 3. The number of hydrogen-bond donors (Lipinski definition) is 1. The third-order valence-electron chi connectivity index (χ3n) is 5.00. The van der Waals surface area contributed by atoms with Crippen LogP contribution in [0.3, 0.4) is 0 Å². The third-order valence-corrected chi connectivity index (χ3v) is 5.00. The summed E-state index contributed by atoms with van der Waals surface area (Å²) in [6, 6.07) is 0. The van der Waals surface area contributed by atoms with Crippen LogP contribution in [0.15, 0.2) is 12.5 Å². The average molecular weight is 289 g/mol. The number of aliphatic hydroxyl groups excluding tert-OH is 1. The van der Waals surface area contributed by atoms with Crippen LogP contribution in [0.1, 0.15) is 12.1 Å². The van der Waals surface area contributed by atoms with Crippen molar-refractivity contribution in [2.24, 2.45) is 17.9 Å². The molecule has 1 aliphatic carbocycles. The van der Waals surface area contributed by atoms with Gasteiger partial charge in [-0.05, 0) is 6.42 Å². The van der Waals surface area contributed by atoms with Crippen LogP contribution in [0.2, 0.25) is 0 Å². The molecular formula is C13H18F3N3O. The van der Waals surface area contributed by atoms with Gasteiger partial charge in [-0.15, -0.1) is 0 Å². The summed E-state index contributed by atoms with van der Waals surface area (Å²) in [6.45, 7) is 0.531. The highest BCUT2D eigenvalue weighted by molar-refractivity contribution is 5.24. The van der Waals surface area contributed by atoms with Crippen LogP contribution in [0.25, 0.3) is 0 Å². The van der Waals surface area contributed by atoms with E-state index in [1.54, 1.807) is 12.5 Å². The van der Waals surface area contributed by atoms with Crippen LogP contribution in [-0.4, -0.2) is 52.0 Å². The number of likely N-dealkylation sites (tertiary alicyclic amines) is 1. The van der Waals surface area contributed by atoms with E-state index in [0.29, 0.717) is 19.5 Å². The molecule has 2 atom stereocenters. The summed E-state index contributed by atoms with van der Waals surface area (Å²) in [5.41, 5.74) is -1.64. The maximum atomic E-state index is 13.2. The van der Waals surface area contributed by atoms with Crippen molar-refractivity contribution in [3.63, 3.8) is 0 Å². The van der Waals surface area contributed by atoms with Gasteiger partial charge < -0.3 is 14.6 Å². The Labute approximate surface area is 115 Å². The number of aromatic nitrogens is 2. The van der Waals surface area contributed by atoms with Gasteiger partial charge >= 0.3 is 6.18 Å². The maximum absolute atomic E-state index is 13.2. The number of fused-ring (bicyclic) bond motifs is 1. The van der Waals surface area contributed by atoms with E-state index in [-0.39, 0.29) is 19.6 Å². The first-order chi connectivity index (χ1) is 9.34. The quantitative estimate of drug-likeness (QED) is 0.906. The zero-order valence-corrected chi connectivity index (χ0v) is 11.3. The molecule has 1 N–H and O–H groups in total. The summed E-state index contributed by atoms with van der Waals surface area (Å²) < 4.78 is 41.5. The fraction of sp³-hybridized carbons (Fsp3) is 0.769. The molecule has 0 aromatic carbocycles. The lowest BCUT2D eigenvalue weighted by Gasteiger charge is -2.22. The standard InChI is InChI=1S/C13H18F3N3O/c1-18-9-17-4-10(18)2-3-19-6-11(8-20)5-12(11,7-19)13(14,15)16/h4,9,20H,2-3,5-8H2,1H3/t11-,12-/m1/s1. The lowest BCUT2D eigenvalue weighted by Crippen LogP contribution is -2.34. The number of aryl methyl sites for hydroxylation is 1. The topological polar surface area (TPSA) is 41.3 Å². The van der Waals surface area contributed by atoms with Crippen molar-refractivity contribution in [1.29, 1.82) is 0 Å². The van der Waals surface area contributed by atoms with E-state index in [2.05, 4.69) is 4.98 Å². The van der Waals surface area contributed by atoms with Gasteiger partial charge in [0.2, 0.25) is 0 Å². The molecular weight excluding hydrogens is 271 g/mol. The highest BCUT2D eigenvalue weighted by Gasteiger charge is 2.82. The minimum atomic E-state index is -4.23. The van der Waals surface area contributed by atoms with Gasteiger partial charge in [-0.25, -0.2) is 4.98 Å². The van der Waals surface area contributed by atoms with Crippen LogP contribution >= 0.6 is 0 Å². The van der Waals surface area contributed by atoms with E-state index in [0.717, 1.165) is 5.69 Å². The van der Waals surface area contributed by atoms with Crippen molar-refractivity contribution in [3.8, 4) is 0 Å². The van der Waals surface area contributed by atoms with Gasteiger partial charge in [0, 0.05) is 50.4 Å². The van der Waals surface area contributed by atoms with Gasteiger partial charge in [-0.2, -0.15) is 13.2 Å². The summed E-state index contributed by atoms with van der Waals surface area (Å²) in [6.07, 6.45) is -0.0630. The van der Waals surface area contributed by atoms with Crippen LogP contribution in [0.4, 0.5) is 13.2 Å². The summed E-state index contributed by atoms with van der Waals surface area (Å²) >= 11 is 0. The highest BCUT2D eigenvalue weighted by Crippen LogP contribution is 2.74. The van der Waals surface area contributed by atoms with Crippen molar-refractivity contribution >= 4 is 0 Å². The van der Waals surface area contributed by atoms with E-state index >= 15 is 0 Å². The minimum Gasteiger partial charge on any atom is -0.396 e. The predicted octanol–water partition coefficient (Wildman–Crippen LogP) is 1.21. The molecule has 2 aliphatic rings. The number of hydrogen-bond acceptors (Lipinski definition) is 3. The van der Waals surface area contributed by atoms with Gasteiger partial charge in [0.1, 0.15) is 0 Å². The summed E-state index contributed by atoms with van der Waals surface area (Å²) in [7, 11) is 1.87. The average Bonchev–Trinajstić information content (AvgIpc) is 2.68. The number of nitrogens with zero attached hydrogens (tertiary/aromatic N) is 3. The Balaban J connectivity index is 1.66. The van der Waals surface area contributed by atoms with Crippen molar-refractivity contribution in [2.75, 3.05) is 26.2 Å². The molecule has 1 aromatic rings. The Morgan fingerprint density at radius 2 is 2.15 bits per heavy atom. The molecule has 2 fully saturated rings. The molecule has 3 rings (SSSR count). The maximum Gasteiger partial charge on any atom is 0.396 e. The smallest absolute Gasteiger partial charge is 0.396 e.